The van der Waals surface area contributed by atoms with Gasteiger partial charge in [-0.1, -0.05) is 57.5 Å². The van der Waals surface area contributed by atoms with E-state index in [1.54, 1.807) is 32.9 Å². The monoisotopic (exact) mass is 778 g/mol. The topological polar surface area (TPSA) is 140 Å². The molecule has 57 heavy (non-hydrogen) atoms. The molecule has 1 aromatic carbocycles. The molecule has 2 saturated heterocycles. The van der Waals surface area contributed by atoms with E-state index in [9.17, 15) is 24.2 Å². The summed E-state index contributed by atoms with van der Waals surface area (Å²) in [4.78, 5) is 36.1. The fourth-order valence-electron chi connectivity index (χ4n) is 8.72. The first-order chi connectivity index (χ1) is 27.2. The number of hydrogen-bond acceptors (Lipinski definition) is 9. The van der Waals surface area contributed by atoms with E-state index in [1.165, 1.54) is 30.5 Å². The normalized spacial score (nSPS) is 34.2. The minimum atomic E-state index is -1.78. The summed E-state index contributed by atoms with van der Waals surface area (Å²) >= 11 is 0. The van der Waals surface area contributed by atoms with Gasteiger partial charge in [0.1, 0.15) is 29.8 Å². The SMILES string of the molecule is CC/C=C1\C2=C(C)C(=O)C[C@@]1(O)C#C/C=C\C#C[C@@H]2OC1OC(C)C(C)(C(=O)c2nccc3c2[nH]c2ccc(F)cc23)C(O)C1OC1CC(C)C(CC(C)C)CO1. The molecule has 2 aliphatic heterocycles. The molecule has 4 heterocycles. The number of ketones is 2. The molecule has 2 aromatic heterocycles. The van der Waals surface area contributed by atoms with Crippen molar-refractivity contribution in [3.63, 3.8) is 0 Å². The molecule has 3 aromatic rings. The molecule has 0 amide bonds. The highest BCUT2D eigenvalue weighted by molar-refractivity contribution is 6.15. The third-order valence-corrected chi connectivity index (χ3v) is 12.2. The van der Waals surface area contributed by atoms with Gasteiger partial charge in [0, 0.05) is 34.5 Å². The lowest BCUT2D eigenvalue weighted by Gasteiger charge is -2.50. The van der Waals surface area contributed by atoms with Crippen molar-refractivity contribution in [3.8, 4) is 23.7 Å². The van der Waals surface area contributed by atoms with Crippen LogP contribution in [0.1, 0.15) is 84.6 Å². The Morgan fingerprint density at radius 2 is 1.95 bits per heavy atom. The van der Waals surface area contributed by atoms with Crippen LogP contribution in [0.4, 0.5) is 4.39 Å². The number of ether oxygens (including phenoxy) is 4. The fraction of sp³-hybridized carbons (Fsp3) is 0.500. The number of pyridine rings is 1. The molecule has 2 aliphatic carbocycles. The maximum atomic E-state index is 14.9. The van der Waals surface area contributed by atoms with E-state index in [0.717, 1.165) is 6.42 Å². The molecule has 7 rings (SSSR count). The number of H-pyrrole nitrogens is 1. The smallest absolute Gasteiger partial charge is 0.194 e. The second kappa shape index (κ2) is 16.1. The third kappa shape index (κ3) is 7.54. The van der Waals surface area contributed by atoms with Gasteiger partial charge in [0.25, 0.3) is 0 Å². The number of carbonyl (C=O) groups is 2. The predicted molar refractivity (Wildman–Crippen MR) is 213 cm³/mol. The molecule has 10 atom stereocenters. The van der Waals surface area contributed by atoms with Gasteiger partial charge in [0.05, 0.1) is 30.1 Å². The summed E-state index contributed by atoms with van der Waals surface area (Å²) in [6.07, 6.45) is 1.15. The molecule has 0 saturated carbocycles. The number of aromatic nitrogens is 2. The first-order valence-corrected chi connectivity index (χ1v) is 19.9. The van der Waals surface area contributed by atoms with Gasteiger partial charge in [0.2, 0.25) is 0 Å². The zero-order valence-corrected chi connectivity index (χ0v) is 33.5. The average Bonchev–Trinajstić information content (AvgIpc) is 3.54. The van der Waals surface area contributed by atoms with E-state index in [4.69, 9.17) is 18.9 Å². The summed E-state index contributed by atoms with van der Waals surface area (Å²) in [7, 11) is 0. The van der Waals surface area contributed by atoms with E-state index in [0.29, 0.717) is 69.8 Å². The molecule has 0 radical (unpaired) electrons. The van der Waals surface area contributed by atoms with Crippen molar-refractivity contribution in [2.24, 2.45) is 23.2 Å². The van der Waals surface area contributed by atoms with Crippen LogP contribution < -0.4 is 0 Å². The number of aromatic amines is 1. The molecule has 3 N–H and O–H groups in total. The molecular formula is C46H51FN2O8. The molecule has 2 fully saturated rings. The third-order valence-electron chi connectivity index (χ3n) is 12.2. The van der Waals surface area contributed by atoms with Crippen LogP contribution >= 0.6 is 0 Å². The number of benzene rings is 1. The molecular weight excluding hydrogens is 728 g/mol. The van der Waals surface area contributed by atoms with Crippen LogP contribution in [0.2, 0.25) is 0 Å². The minimum Gasteiger partial charge on any atom is -0.389 e. The van der Waals surface area contributed by atoms with Crippen molar-refractivity contribution in [3.05, 3.63) is 76.9 Å². The zero-order chi connectivity index (χ0) is 40.8. The van der Waals surface area contributed by atoms with Crippen molar-refractivity contribution >= 4 is 33.4 Å². The number of Topliss-reactive ketones (excluding diaryl/α,β-unsaturated/α-hetero) is 2. The Bertz CT molecular complexity index is 2300. The van der Waals surface area contributed by atoms with Crippen molar-refractivity contribution in [1.29, 1.82) is 0 Å². The van der Waals surface area contributed by atoms with Crippen LogP contribution in [0.5, 0.6) is 0 Å². The highest BCUT2D eigenvalue weighted by Gasteiger charge is 2.59. The summed E-state index contributed by atoms with van der Waals surface area (Å²) in [5.41, 5.74) is -1.18. The first-order valence-electron chi connectivity index (χ1n) is 19.9. The molecule has 10 nitrogen and oxygen atoms in total. The van der Waals surface area contributed by atoms with Crippen LogP contribution in [-0.2, 0) is 23.7 Å². The summed E-state index contributed by atoms with van der Waals surface area (Å²) in [5, 5.41) is 25.6. The molecule has 11 heteroatoms. The van der Waals surface area contributed by atoms with E-state index in [-0.39, 0.29) is 23.8 Å². The Morgan fingerprint density at radius 3 is 2.68 bits per heavy atom. The first kappa shape index (κ1) is 40.7. The average molecular weight is 779 g/mol. The van der Waals surface area contributed by atoms with Gasteiger partial charge in [0.15, 0.2) is 29.7 Å². The van der Waals surface area contributed by atoms with Crippen LogP contribution in [0.15, 0.2) is 65.4 Å². The van der Waals surface area contributed by atoms with Gasteiger partial charge in [-0.25, -0.2) is 4.39 Å². The Balaban J connectivity index is 1.29. The number of carbonyl (C=O) groups excluding carboxylic acids is 2. The molecule has 2 bridgehead atoms. The van der Waals surface area contributed by atoms with E-state index in [1.807, 2.05) is 13.0 Å². The quantitative estimate of drug-likeness (QED) is 0.156. The minimum absolute atomic E-state index is 0.0551. The van der Waals surface area contributed by atoms with E-state index >= 15 is 0 Å². The van der Waals surface area contributed by atoms with Crippen molar-refractivity contribution < 1.29 is 43.1 Å². The van der Waals surface area contributed by atoms with Gasteiger partial charge in [-0.05, 0) is 98.9 Å². The van der Waals surface area contributed by atoms with Gasteiger partial charge < -0.3 is 34.1 Å². The maximum Gasteiger partial charge on any atom is 0.194 e. The van der Waals surface area contributed by atoms with Crippen molar-refractivity contribution in [2.75, 3.05) is 6.61 Å². The standard InChI is InChI=1S/C46H51FN2O8/c1-8-13-33-38-27(5)35(50)23-46(33,53)18-12-10-9-11-14-36(38)56-44-41(57-37-21-26(4)29(24-54-37)20-25(2)3)43(52)45(7,28(6)55-44)42(51)40-39-31(17-19-48-40)32-22-30(47)15-16-34(32)49-39/h9-10,13,15-17,19,22,25-26,28-29,36-37,41,43-44,49,52-53H,8,20-21,23-24H2,1-7H3/b10-9-,33-13+/t26?,28?,29?,36-,37?,41?,43?,44?,45?,46-/m0/s1. The summed E-state index contributed by atoms with van der Waals surface area (Å²) in [5.74, 6) is 11.5. The summed E-state index contributed by atoms with van der Waals surface area (Å²) < 4.78 is 40.7. The highest BCUT2D eigenvalue weighted by atomic mass is 19.1. The lowest BCUT2D eigenvalue weighted by Crippen LogP contribution is -2.65. The summed E-state index contributed by atoms with van der Waals surface area (Å²) in [6.45, 7) is 13.9. The Labute approximate surface area is 332 Å². The number of rotatable bonds is 9. The van der Waals surface area contributed by atoms with E-state index < -0.39 is 59.6 Å². The van der Waals surface area contributed by atoms with Gasteiger partial charge >= 0.3 is 0 Å². The van der Waals surface area contributed by atoms with Crippen LogP contribution in [0.3, 0.4) is 0 Å². The highest BCUT2D eigenvalue weighted by Crippen LogP contribution is 2.45. The largest absolute Gasteiger partial charge is 0.389 e. The van der Waals surface area contributed by atoms with Crippen LogP contribution in [-0.4, -0.2) is 81.0 Å². The van der Waals surface area contributed by atoms with E-state index in [2.05, 4.69) is 54.4 Å². The number of aliphatic hydroxyl groups is 2. The number of fused-ring (bicyclic) bond motifs is 5. The number of hydrogen-bond donors (Lipinski definition) is 3. The summed E-state index contributed by atoms with van der Waals surface area (Å²) in [6, 6.07) is 6.06. The number of nitrogens with one attached hydrogen (secondary N) is 1. The lowest BCUT2D eigenvalue weighted by molar-refractivity contribution is -0.339. The van der Waals surface area contributed by atoms with Gasteiger partial charge in [-0.2, -0.15) is 0 Å². The molecule has 8 unspecified atom stereocenters. The van der Waals surface area contributed by atoms with Gasteiger partial charge in [-0.3, -0.25) is 14.6 Å². The number of halogens is 1. The van der Waals surface area contributed by atoms with Crippen molar-refractivity contribution in [2.45, 2.75) is 117 Å². The number of aliphatic hydroxyl groups excluding tert-OH is 1. The zero-order valence-electron chi connectivity index (χ0n) is 33.5. The van der Waals surface area contributed by atoms with Gasteiger partial charge in [-0.15, -0.1) is 0 Å². The van der Waals surface area contributed by atoms with Crippen LogP contribution in [0.25, 0.3) is 21.8 Å². The number of allylic oxidation sites excluding steroid dienone is 4. The number of nitrogens with zero attached hydrogens (tertiary/aromatic N) is 1. The Kier molecular flexibility index (Phi) is 11.5. The molecule has 4 aliphatic rings. The maximum absolute atomic E-state index is 14.9. The second-order valence-corrected chi connectivity index (χ2v) is 16.5. The molecule has 0 spiro atoms. The van der Waals surface area contributed by atoms with Crippen LogP contribution in [0, 0.1) is 52.7 Å². The predicted octanol–water partition coefficient (Wildman–Crippen LogP) is 6.90. The Morgan fingerprint density at radius 1 is 1.18 bits per heavy atom. The fourth-order valence-corrected chi connectivity index (χ4v) is 8.72. The van der Waals surface area contributed by atoms with Crippen molar-refractivity contribution in [1.82, 2.24) is 9.97 Å². The Hall–Kier alpha value is -4.46. The second-order valence-electron chi connectivity index (χ2n) is 16.5. The molecule has 300 valence electrons. The lowest BCUT2D eigenvalue weighted by atomic mass is 9.70.